The number of amides is 2. The summed E-state index contributed by atoms with van der Waals surface area (Å²) in [7, 11) is 1.55. The van der Waals surface area contributed by atoms with E-state index < -0.39 is 6.04 Å². The van der Waals surface area contributed by atoms with Gasteiger partial charge in [-0.05, 0) is 44.0 Å². The number of methoxy groups -OCH3 is 1. The molecule has 0 spiro atoms. The third kappa shape index (κ3) is 4.07. The Kier molecular flexibility index (Phi) is 5.57. The number of aryl methyl sites for hydroxylation is 1. The summed E-state index contributed by atoms with van der Waals surface area (Å²) in [5.74, 6) is 0.109. The molecule has 1 saturated heterocycles. The third-order valence-electron chi connectivity index (χ3n) is 5.35. The first kappa shape index (κ1) is 20.4. The summed E-state index contributed by atoms with van der Waals surface area (Å²) in [4.78, 5) is 29.5. The summed E-state index contributed by atoms with van der Waals surface area (Å²) >= 11 is 0. The lowest BCUT2D eigenvalue weighted by Gasteiger charge is -2.25. The van der Waals surface area contributed by atoms with Crippen molar-refractivity contribution in [2.24, 2.45) is 0 Å². The van der Waals surface area contributed by atoms with E-state index in [-0.39, 0.29) is 11.8 Å². The number of carbonyl (C=O) groups is 2. The molecule has 1 aliphatic rings. The average molecular weight is 420 g/mol. The lowest BCUT2D eigenvalue weighted by atomic mass is 10.1. The fourth-order valence-electron chi connectivity index (χ4n) is 3.77. The van der Waals surface area contributed by atoms with Gasteiger partial charge in [0, 0.05) is 12.6 Å². The van der Waals surface area contributed by atoms with Crippen molar-refractivity contribution < 1.29 is 14.3 Å². The molecule has 1 aromatic heterocycles. The molecule has 9 heteroatoms. The van der Waals surface area contributed by atoms with Crippen LogP contribution in [0.3, 0.4) is 0 Å². The molecular formula is C22H24N6O3. The van der Waals surface area contributed by atoms with Crippen molar-refractivity contribution in [2.45, 2.75) is 25.8 Å². The minimum atomic E-state index is -0.590. The third-order valence-corrected chi connectivity index (χ3v) is 5.35. The van der Waals surface area contributed by atoms with E-state index in [1.807, 2.05) is 19.1 Å². The second-order valence-electron chi connectivity index (χ2n) is 7.44. The number of ether oxygens (including phenoxy) is 1. The molecule has 0 bridgehead atoms. The first-order valence-corrected chi connectivity index (χ1v) is 10.0. The van der Waals surface area contributed by atoms with Gasteiger partial charge in [0.2, 0.25) is 5.91 Å². The highest BCUT2D eigenvalue weighted by molar-refractivity contribution is 6.04. The van der Waals surface area contributed by atoms with Crippen LogP contribution in [0.4, 0.5) is 11.4 Å². The van der Waals surface area contributed by atoms with Crippen molar-refractivity contribution in [3.8, 4) is 11.4 Å². The zero-order valence-corrected chi connectivity index (χ0v) is 17.4. The molecule has 160 valence electrons. The Bertz CT molecular complexity index is 1110. The molecule has 2 aromatic carbocycles. The van der Waals surface area contributed by atoms with Crippen LogP contribution in [-0.2, 0) is 4.79 Å². The zero-order chi connectivity index (χ0) is 22.0. The molecule has 3 N–H and O–H groups in total. The molecule has 1 unspecified atom stereocenters. The van der Waals surface area contributed by atoms with E-state index in [4.69, 9.17) is 10.5 Å². The Morgan fingerprint density at radius 2 is 1.94 bits per heavy atom. The highest BCUT2D eigenvalue weighted by Crippen LogP contribution is 2.27. The maximum atomic E-state index is 13.5. The summed E-state index contributed by atoms with van der Waals surface area (Å²) in [5.41, 5.74) is 8.88. The summed E-state index contributed by atoms with van der Waals surface area (Å²) in [6, 6.07) is 9.98. The van der Waals surface area contributed by atoms with E-state index in [1.54, 1.807) is 48.7 Å². The van der Waals surface area contributed by atoms with Gasteiger partial charge in [-0.3, -0.25) is 9.59 Å². The summed E-state index contributed by atoms with van der Waals surface area (Å²) in [6.07, 6.45) is 4.43. The van der Waals surface area contributed by atoms with E-state index in [1.165, 1.54) is 4.80 Å². The Morgan fingerprint density at radius 3 is 2.65 bits per heavy atom. The van der Waals surface area contributed by atoms with Gasteiger partial charge in [0.25, 0.3) is 5.91 Å². The van der Waals surface area contributed by atoms with Crippen LogP contribution in [0.1, 0.15) is 28.8 Å². The van der Waals surface area contributed by atoms with Crippen LogP contribution in [0.2, 0.25) is 0 Å². The molecule has 2 amide bonds. The Labute approximate surface area is 179 Å². The summed E-state index contributed by atoms with van der Waals surface area (Å²) in [5, 5.41) is 11.2. The first-order valence-electron chi connectivity index (χ1n) is 10.0. The smallest absolute Gasteiger partial charge is 0.256 e. The largest absolute Gasteiger partial charge is 0.497 e. The number of nitrogen functional groups attached to an aromatic ring is 1. The monoisotopic (exact) mass is 420 g/mol. The molecule has 2 heterocycles. The van der Waals surface area contributed by atoms with Crippen LogP contribution in [0.5, 0.6) is 5.75 Å². The van der Waals surface area contributed by atoms with Gasteiger partial charge in [-0.25, -0.2) is 0 Å². The minimum absolute atomic E-state index is 0.226. The van der Waals surface area contributed by atoms with Crippen molar-refractivity contribution in [1.82, 2.24) is 19.9 Å². The normalized spacial score (nSPS) is 15.7. The molecule has 1 fully saturated rings. The van der Waals surface area contributed by atoms with Crippen molar-refractivity contribution in [3.05, 3.63) is 59.9 Å². The maximum absolute atomic E-state index is 13.5. The number of benzene rings is 2. The van der Waals surface area contributed by atoms with Crippen molar-refractivity contribution in [3.63, 3.8) is 0 Å². The Hall–Kier alpha value is -3.88. The molecule has 3 aromatic rings. The van der Waals surface area contributed by atoms with Gasteiger partial charge in [-0.15, -0.1) is 0 Å². The van der Waals surface area contributed by atoms with Gasteiger partial charge in [-0.1, -0.05) is 11.6 Å². The number of rotatable bonds is 5. The average Bonchev–Trinajstić information content (AvgIpc) is 3.47. The maximum Gasteiger partial charge on any atom is 0.256 e. The van der Waals surface area contributed by atoms with E-state index in [0.717, 1.165) is 12.0 Å². The van der Waals surface area contributed by atoms with Crippen molar-refractivity contribution in [2.75, 3.05) is 24.7 Å². The molecule has 9 nitrogen and oxygen atoms in total. The van der Waals surface area contributed by atoms with Crippen molar-refractivity contribution in [1.29, 1.82) is 0 Å². The predicted octanol–water partition coefficient (Wildman–Crippen LogP) is 2.41. The molecule has 0 aliphatic carbocycles. The number of carbonyl (C=O) groups excluding carboxylic acids is 2. The second-order valence-corrected chi connectivity index (χ2v) is 7.44. The van der Waals surface area contributed by atoms with Gasteiger partial charge in [0.15, 0.2) is 0 Å². The number of anilines is 2. The summed E-state index contributed by atoms with van der Waals surface area (Å²) < 4.78 is 5.15. The van der Waals surface area contributed by atoms with Crippen LogP contribution >= 0.6 is 0 Å². The molecular weight excluding hydrogens is 396 g/mol. The second kappa shape index (κ2) is 8.47. The van der Waals surface area contributed by atoms with Crippen molar-refractivity contribution >= 4 is 23.2 Å². The standard InChI is InChI=1S/C22H24N6O3/c1-14-5-8-19(28-24-9-10-25-28)16(12-14)22(30)27-11-3-4-20(27)21(29)26-18-7-6-15(31-2)13-17(18)23/h5-10,12-13,20H,3-4,11,23H2,1-2H3,(H,26,29). The van der Waals surface area contributed by atoms with Crippen LogP contribution in [0.25, 0.3) is 5.69 Å². The summed E-state index contributed by atoms with van der Waals surface area (Å²) in [6.45, 7) is 2.41. The predicted molar refractivity (Wildman–Crippen MR) is 116 cm³/mol. The number of likely N-dealkylation sites (tertiary alicyclic amines) is 1. The SMILES string of the molecule is COc1ccc(NC(=O)C2CCCN2C(=O)c2cc(C)ccc2-n2nccn2)c(N)c1. The van der Waals surface area contributed by atoms with Gasteiger partial charge < -0.3 is 20.7 Å². The Balaban J connectivity index is 1.58. The number of nitrogens with one attached hydrogen (secondary N) is 1. The highest BCUT2D eigenvalue weighted by Gasteiger charge is 2.36. The van der Waals surface area contributed by atoms with Crippen LogP contribution < -0.4 is 15.8 Å². The molecule has 0 radical (unpaired) electrons. The fraction of sp³-hybridized carbons (Fsp3) is 0.273. The van der Waals surface area contributed by atoms with E-state index in [0.29, 0.717) is 41.3 Å². The molecule has 31 heavy (non-hydrogen) atoms. The van der Waals surface area contributed by atoms with Gasteiger partial charge in [-0.2, -0.15) is 15.0 Å². The lowest BCUT2D eigenvalue weighted by Crippen LogP contribution is -2.43. The van der Waals surface area contributed by atoms with Gasteiger partial charge in [0.05, 0.1) is 42.1 Å². The molecule has 1 aliphatic heterocycles. The van der Waals surface area contributed by atoms with Crippen LogP contribution in [0, 0.1) is 6.92 Å². The topological polar surface area (TPSA) is 115 Å². The van der Waals surface area contributed by atoms with E-state index in [2.05, 4.69) is 15.5 Å². The first-order chi connectivity index (χ1) is 15.0. The van der Waals surface area contributed by atoms with Gasteiger partial charge in [0.1, 0.15) is 11.8 Å². The van der Waals surface area contributed by atoms with E-state index >= 15 is 0 Å². The number of hydrogen-bond donors (Lipinski definition) is 2. The molecule has 4 rings (SSSR count). The van der Waals surface area contributed by atoms with Crippen LogP contribution in [-0.4, -0.2) is 51.4 Å². The minimum Gasteiger partial charge on any atom is -0.497 e. The number of aromatic nitrogens is 3. The van der Waals surface area contributed by atoms with Crippen LogP contribution in [0.15, 0.2) is 48.8 Å². The number of nitrogens with zero attached hydrogens (tertiary/aromatic N) is 4. The fourth-order valence-corrected chi connectivity index (χ4v) is 3.77. The number of nitrogens with two attached hydrogens (primary N) is 1. The van der Waals surface area contributed by atoms with E-state index in [9.17, 15) is 9.59 Å². The zero-order valence-electron chi connectivity index (χ0n) is 17.4. The quantitative estimate of drug-likeness (QED) is 0.613. The van der Waals surface area contributed by atoms with Gasteiger partial charge >= 0.3 is 0 Å². The lowest BCUT2D eigenvalue weighted by molar-refractivity contribution is -0.119. The number of hydrogen-bond acceptors (Lipinski definition) is 6. The molecule has 1 atom stereocenters. The Morgan fingerprint density at radius 1 is 1.16 bits per heavy atom. The highest BCUT2D eigenvalue weighted by atomic mass is 16.5. The molecule has 0 saturated carbocycles.